The van der Waals surface area contributed by atoms with Crippen LogP contribution in [0, 0.1) is 25.2 Å². The van der Waals surface area contributed by atoms with Crippen molar-refractivity contribution in [2.45, 2.75) is 39.3 Å². The van der Waals surface area contributed by atoms with E-state index in [0.29, 0.717) is 12.1 Å². The smallest absolute Gasteiger partial charge is 0.315 e. The highest BCUT2D eigenvalue weighted by molar-refractivity contribution is 5.74. The van der Waals surface area contributed by atoms with E-state index in [0.717, 1.165) is 54.3 Å². The maximum atomic E-state index is 12.5. The largest absolute Gasteiger partial charge is 0.371 e. The van der Waals surface area contributed by atoms with Gasteiger partial charge in [-0.25, -0.2) is 9.48 Å². The minimum Gasteiger partial charge on any atom is -0.371 e. The number of aryl methyl sites for hydroxylation is 1. The van der Waals surface area contributed by atoms with Crippen molar-refractivity contribution in [3.8, 4) is 11.8 Å². The third-order valence-electron chi connectivity index (χ3n) is 6.06. The van der Waals surface area contributed by atoms with Crippen LogP contribution in [-0.2, 0) is 6.54 Å². The molecule has 1 aromatic heterocycles. The lowest BCUT2D eigenvalue weighted by atomic mass is 10.0. The first-order valence-corrected chi connectivity index (χ1v) is 10.9. The summed E-state index contributed by atoms with van der Waals surface area (Å²) >= 11 is 0. The molecule has 0 spiro atoms. The molecule has 0 atom stereocenters. The van der Waals surface area contributed by atoms with E-state index in [2.05, 4.69) is 26.7 Å². The SMILES string of the molecule is Cc1nn(-c2ccccc2)c(C)c1CNC(=O)NC1CCN(c2ccc(C#N)cc2)CC1. The molecule has 0 aliphatic carbocycles. The fraction of sp³-hybridized carbons (Fsp3) is 0.320. The Bertz CT molecular complexity index is 1110. The second kappa shape index (κ2) is 9.56. The van der Waals surface area contributed by atoms with Gasteiger partial charge in [-0.1, -0.05) is 18.2 Å². The zero-order valence-electron chi connectivity index (χ0n) is 18.5. The van der Waals surface area contributed by atoms with Crippen LogP contribution < -0.4 is 15.5 Å². The molecule has 1 aliphatic rings. The van der Waals surface area contributed by atoms with Crippen LogP contribution in [-0.4, -0.2) is 34.9 Å². The van der Waals surface area contributed by atoms with Gasteiger partial charge in [-0.15, -0.1) is 0 Å². The molecule has 2 amide bonds. The standard InChI is InChI=1S/C25H28N6O/c1-18-24(19(2)31(29-18)23-6-4-3-5-7-23)17-27-25(32)28-21-12-14-30(15-13-21)22-10-8-20(16-26)9-11-22/h3-11,21H,12-15,17H2,1-2H3,(H2,27,28,32). The lowest BCUT2D eigenvalue weighted by Crippen LogP contribution is -2.47. The predicted molar refractivity (Wildman–Crippen MR) is 125 cm³/mol. The Morgan fingerprint density at radius 3 is 2.41 bits per heavy atom. The number of hydrogen-bond donors (Lipinski definition) is 2. The van der Waals surface area contributed by atoms with Crippen LogP contribution in [0.2, 0.25) is 0 Å². The summed E-state index contributed by atoms with van der Waals surface area (Å²) in [5.74, 6) is 0. The molecule has 1 aliphatic heterocycles. The Morgan fingerprint density at radius 1 is 1.06 bits per heavy atom. The number of nitrogens with zero attached hydrogens (tertiary/aromatic N) is 4. The third-order valence-corrected chi connectivity index (χ3v) is 6.06. The number of nitriles is 1. The number of carbonyl (C=O) groups excluding carboxylic acids is 1. The Kier molecular flexibility index (Phi) is 6.41. The van der Waals surface area contributed by atoms with Crippen LogP contribution in [0.25, 0.3) is 5.69 Å². The second-order valence-electron chi connectivity index (χ2n) is 8.14. The number of rotatable bonds is 5. The summed E-state index contributed by atoms with van der Waals surface area (Å²) in [5, 5.41) is 19.7. The van der Waals surface area contributed by atoms with Crippen molar-refractivity contribution in [1.82, 2.24) is 20.4 Å². The highest BCUT2D eigenvalue weighted by atomic mass is 16.2. The van der Waals surface area contributed by atoms with Crippen LogP contribution in [0.15, 0.2) is 54.6 Å². The van der Waals surface area contributed by atoms with E-state index in [9.17, 15) is 4.79 Å². The summed E-state index contributed by atoms with van der Waals surface area (Å²) in [6, 6.07) is 19.8. The van der Waals surface area contributed by atoms with Crippen molar-refractivity contribution in [1.29, 1.82) is 5.26 Å². The van der Waals surface area contributed by atoms with E-state index in [1.54, 1.807) is 0 Å². The molecule has 4 rings (SSSR count). The number of nitrogens with one attached hydrogen (secondary N) is 2. The molecule has 2 heterocycles. The molecule has 2 N–H and O–H groups in total. The van der Waals surface area contributed by atoms with Gasteiger partial charge in [-0.3, -0.25) is 0 Å². The number of piperidine rings is 1. The Labute approximate surface area is 188 Å². The number of amides is 2. The van der Waals surface area contributed by atoms with Crippen molar-refractivity contribution in [2.24, 2.45) is 0 Å². The van der Waals surface area contributed by atoms with E-state index < -0.39 is 0 Å². The first-order valence-electron chi connectivity index (χ1n) is 10.9. The van der Waals surface area contributed by atoms with Gasteiger partial charge >= 0.3 is 6.03 Å². The molecule has 0 unspecified atom stereocenters. The van der Waals surface area contributed by atoms with Crippen molar-refractivity contribution in [2.75, 3.05) is 18.0 Å². The minimum absolute atomic E-state index is 0.145. The molecule has 1 saturated heterocycles. The van der Waals surface area contributed by atoms with Gasteiger partial charge in [0.2, 0.25) is 0 Å². The summed E-state index contributed by atoms with van der Waals surface area (Å²) in [6.45, 7) is 6.19. The molecule has 164 valence electrons. The summed E-state index contributed by atoms with van der Waals surface area (Å²) in [7, 11) is 0. The van der Waals surface area contributed by atoms with Crippen LogP contribution in [0.1, 0.15) is 35.4 Å². The molecule has 2 aromatic carbocycles. The highest BCUT2D eigenvalue weighted by Crippen LogP contribution is 2.21. The lowest BCUT2D eigenvalue weighted by Gasteiger charge is -2.34. The molecule has 0 bridgehead atoms. The zero-order chi connectivity index (χ0) is 22.5. The van der Waals surface area contributed by atoms with E-state index in [4.69, 9.17) is 5.26 Å². The van der Waals surface area contributed by atoms with E-state index in [-0.39, 0.29) is 12.1 Å². The molecule has 0 radical (unpaired) electrons. The van der Waals surface area contributed by atoms with Crippen molar-refractivity contribution >= 4 is 11.7 Å². The Balaban J connectivity index is 1.28. The number of hydrogen-bond acceptors (Lipinski definition) is 4. The second-order valence-corrected chi connectivity index (χ2v) is 8.14. The summed E-state index contributed by atoms with van der Waals surface area (Å²) in [4.78, 5) is 14.8. The van der Waals surface area contributed by atoms with Gasteiger partial charge in [0.1, 0.15) is 0 Å². The number of anilines is 1. The van der Waals surface area contributed by atoms with Gasteiger partial charge in [0.15, 0.2) is 0 Å². The number of benzene rings is 2. The maximum Gasteiger partial charge on any atom is 0.315 e. The molecule has 32 heavy (non-hydrogen) atoms. The monoisotopic (exact) mass is 428 g/mol. The van der Waals surface area contributed by atoms with Crippen LogP contribution in [0.4, 0.5) is 10.5 Å². The fourth-order valence-corrected chi connectivity index (χ4v) is 4.19. The molecule has 3 aromatic rings. The van der Waals surface area contributed by atoms with Gasteiger partial charge in [-0.2, -0.15) is 10.4 Å². The molecule has 1 fully saturated rings. The van der Waals surface area contributed by atoms with Crippen LogP contribution in [0.5, 0.6) is 0 Å². The molecule has 0 saturated carbocycles. The number of aromatic nitrogens is 2. The quantitative estimate of drug-likeness (QED) is 0.647. The van der Waals surface area contributed by atoms with Gasteiger partial charge in [0, 0.05) is 42.6 Å². The highest BCUT2D eigenvalue weighted by Gasteiger charge is 2.21. The van der Waals surface area contributed by atoms with Gasteiger partial charge in [0.05, 0.1) is 23.0 Å². The first-order chi connectivity index (χ1) is 15.5. The third kappa shape index (κ3) is 4.75. The summed E-state index contributed by atoms with van der Waals surface area (Å²) in [5.41, 5.74) is 5.79. The molecule has 7 heteroatoms. The van der Waals surface area contributed by atoms with E-state index in [1.807, 2.05) is 73.1 Å². The van der Waals surface area contributed by atoms with Crippen molar-refractivity contribution in [3.05, 3.63) is 77.1 Å². The topological polar surface area (TPSA) is 86.0 Å². The predicted octanol–water partition coefficient (Wildman–Crippen LogP) is 3.83. The normalized spacial score (nSPS) is 14.1. The number of para-hydroxylation sites is 1. The van der Waals surface area contributed by atoms with Crippen molar-refractivity contribution in [3.63, 3.8) is 0 Å². The summed E-state index contributed by atoms with van der Waals surface area (Å²) in [6.07, 6.45) is 1.77. The van der Waals surface area contributed by atoms with E-state index in [1.165, 1.54) is 0 Å². The number of urea groups is 1. The Morgan fingerprint density at radius 2 is 1.75 bits per heavy atom. The molecular formula is C25H28N6O. The fourth-order valence-electron chi connectivity index (χ4n) is 4.19. The van der Waals surface area contributed by atoms with Crippen LogP contribution in [0.3, 0.4) is 0 Å². The lowest BCUT2D eigenvalue weighted by molar-refractivity contribution is 0.234. The maximum absolute atomic E-state index is 12.5. The van der Waals surface area contributed by atoms with Gasteiger partial charge in [-0.05, 0) is 63.1 Å². The van der Waals surface area contributed by atoms with Gasteiger partial charge < -0.3 is 15.5 Å². The first kappa shape index (κ1) is 21.4. The van der Waals surface area contributed by atoms with Crippen molar-refractivity contribution < 1.29 is 4.79 Å². The van der Waals surface area contributed by atoms with E-state index >= 15 is 0 Å². The minimum atomic E-state index is -0.145. The average molecular weight is 429 g/mol. The number of carbonyl (C=O) groups is 1. The molecule has 7 nitrogen and oxygen atoms in total. The Hall–Kier alpha value is -3.79. The summed E-state index contributed by atoms with van der Waals surface area (Å²) < 4.78 is 1.92. The van der Waals surface area contributed by atoms with Crippen LogP contribution >= 0.6 is 0 Å². The zero-order valence-corrected chi connectivity index (χ0v) is 18.5. The molecular weight excluding hydrogens is 400 g/mol. The van der Waals surface area contributed by atoms with Gasteiger partial charge in [0.25, 0.3) is 0 Å². The average Bonchev–Trinajstić information content (AvgIpc) is 3.12.